The van der Waals surface area contributed by atoms with Crippen molar-refractivity contribution >= 4 is 40.5 Å². The Morgan fingerprint density at radius 2 is 1.61 bits per heavy atom. The SMILES string of the molecule is COc1ccc(N(C)c2nnc(C)c3cc(-c4ccc(N)c(B(O)O)c4)ccc23)c(OC)c1. The third-order valence-corrected chi connectivity index (χ3v) is 5.71. The molecule has 0 saturated carbocycles. The van der Waals surface area contributed by atoms with Crippen LogP contribution in [0.1, 0.15) is 5.69 Å². The highest BCUT2D eigenvalue weighted by Crippen LogP contribution is 2.38. The first-order valence-corrected chi connectivity index (χ1v) is 10.3. The van der Waals surface area contributed by atoms with Crippen LogP contribution in [0.2, 0.25) is 0 Å². The molecular weight excluding hydrogens is 419 g/mol. The zero-order valence-electron chi connectivity index (χ0n) is 18.9. The van der Waals surface area contributed by atoms with Crippen molar-refractivity contribution in [1.82, 2.24) is 10.2 Å². The summed E-state index contributed by atoms with van der Waals surface area (Å²) < 4.78 is 10.9. The number of anilines is 3. The quantitative estimate of drug-likeness (QED) is 0.307. The molecule has 8 nitrogen and oxygen atoms in total. The Morgan fingerprint density at radius 3 is 2.30 bits per heavy atom. The predicted octanol–water partition coefficient (Wildman–Crippen LogP) is 2.65. The van der Waals surface area contributed by atoms with Gasteiger partial charge in [-0.15, -0.1) is 5.10 Å². The number of ether oxygens (including phenoxy) is 2. The lowest BCUT2D eigenvalue weighted by molar-refractivity contribution is 0.395. The monoisotopic (exact) mass is 444 g/mol. The Morgan fingerprint density at radius 1 is 0.879 bits per heavy atom. The number of hydrogen-bond donors (Lipinski definition) is 3. The van der Waals surface area contributed by atoms with Crippen molar-refractivity contribution in [3.05, 3.63) is 60.3 Å². The van der Waals surface area contributed by atoms with Gasteiger partial charge in [0.15, 0.2) is 5.82 Å². The number of fused-ring (bicyclic) bond motifs is 1. The Balaban J connectivity index is 1.82. The Hall–Kier alpha value is -3.82. The van der Waals surface area contributed by atoms with Crippen LogP contribution < -0.4 is 25.6 Å². The molecule has 0 aliphatic heterocycles. The number of aromatic nitrogens is 2. The lowest BCUT2D eigenvalue weighted by atomic mass is 9.77. The van der Waals surface area contributed by atoms with E-state index < -0.39 is 7.12 Å². The van der Waals surface area contributed by atoms with Gasteiger partial charge in [0.2, 0.25) is 0 Å². The minimum absolute atomic E-state index is 0.268. The molecule has 4 N–H and O–H groups in total. The van der Waals surface area contributed by atoms with E-state index in [1.807, 2.05) is 61.3 Å². The molecule has 0 atom stereocenters. The second kappa shape index (κ2) is 8.97. The van der Waals surface area contributed by atoms with Crippen molar-refractivity contribution in [2.45, 2.75) is 6.92 Å². The molecule has 4 aromatic rings. The molecule has 168 valence electrons. The first-order valence-electron chi connectivity index (χ1n) is 10.3. The summed E-state index contributed by atoms with van der Waals surface area (Å²) in [5, 5.41) is 29.9. The van der Waals surface area contributed by atoms with Crippen molar-refractivity contribution in [1.29, 1.82) is 0 Å². The summed E-state index contributed by atoms with van der Waals surface area (Å²) in [4.78, 5) is 1.93. The highest BCUT2D eigenvalue weighted by molar-refractivity contribution is 6.60. The van der Waals surface area contributed by atoms with E-state index in [-0.39, 0.29) is 5.46 Å². The summed E-state index contributed by atoms with van der Waals surface area (Å²) >= 11 is 0. The largest absolute Gasteiger partial charge is 0.497 e. The van der Waals surface area contributed by atoms with Crippen molar-refractivity contribution in [3.8, 4) is 22.6 Å². The molecular formula is C24H25BN4O4. The normalized spacial score (nSPS) is 10.8. The molecule has 9 heteroatoms. The van der Waals surface area contributed by atoms with Crippen molar-refractivity contribution in [2.75, 3.05) is 31.9 Å². The van der Waals surface area contributed by atoms with Crippen LogP contribution in [-0.2, 0) is 0 Å². The summed E-state index contributed by atoms with van der Waals surface area (Å²) in [7, 11) is 3.49. The van der Waals surface area contributed by atoms with E-state index in [1.54, 1.807) is 26.4 Å². The van der Waals surface area contributed by atoms with Gasteiger partial charge in [0, 0.05) is 35.0 Å². The van der Waals surface area contributed by atoms with Gasteiger partial charge in [-0.1, -0.05) is 18.2 Å². The van der Waals surface area contributed by atoms with Gasteiger partial charge in [-0.2, -0.15) is 5.10 Å². The molecule has 0 spiro atoms. The molecule has 0 radical (unpaired) electrons. The summed E-state index contributed by atoms with van der Waals surface area (Å²) in [6, 6.07) is 16.8. The van der Waals surface area contributed by atoms with Crippen LogP contribution in [0.3, 0.4) is 0 Å². The molecule has 33 heavy (non-hydrogen) atoms. The van der Waals surface area contributed by atoms with E-state index in [0.717, 1.165) is 33.3 Å². The fraction of sp³-hybridized carbons (Fsp3) is 0.167. The van der Waals surface area contributed by atoms with E-state index in [2.05, 4.69) is 10.2 Å². The van der Waals surface area contributed by atoms with Crippen molar-refractivity contribution < 1.29 is 19.5 Å². The Bertz CT molecular complexity index is 1330. The third kappa shape index (κ3) is 4.16. The maximum absolute atomic E-state index is 9.61. The minimum Gasteiger partial charge on any atom is -0.497 e. The predicted molar refractivity (Wildman–Crippen MR) is 132 cm³/mol. The van der Waals surface area contributed by atoms with Crippen LogP contribution in [0.15, 0.2) is 54.6 Å². The van der Waals surface area contributed by atoms with Crippen molar-refractivity contribution in [3.63, 3.8) is 0 Å². The van der Waals surface area contributed by atoms with Gasteiger partial charge in [0.1, 0.15) is 11.5 Å². The summed E-state index contributed by atoms with van der Waals surface area (Å²) in [6.45, 7) is 1.91. The van der Waals surface area contributed by atoms with Gasteiger partial charge >= 0.3 is 7.12 Å². The van der Waals surface area contributed by atoms with Crippen LogP contribution >= 0.6 is 0 Å². The smallest absolute Gasteiger partial charge is 0.490 e. The zero-order chi connectivity index (χ0) is 23.7. The molecule has 0 amide bonds. The van der Waals surface area contributed by atoms with Gasteiger partial charge in [-0.3, -0.25) is 0 Å². The minimum atomic E-state index is -1.64. The number of hydrogen-bond acceptors (Lipinski definition) is 8. The molecule has 0 fully saturated rings. The van der Waals surface area contributed by atoms with E-state index in [0.29, 0.717) is 23.0 Å². The third-order valence-electron chi connectivity index (χ3n) is 5.71. The first-order chi connectivity index (χ1) is 15.8. The molecule has 1 heterocycles. The molecule has 0 bridgehead atoms. The number of rotatable bonds is 6. The second-order valence-electron chi connectivity index (χ2n) is 7.68. The lowest BCUT2D eigenvalue weighted by Crippen LogP contribution is -2.32. The Labute approximate surface area is 192 Å². The first kappa shape index (κ1) is 22.4. The number of aryl methyl sites for hydroxylation is 1. The molecule has 3 aromatic carbocycles. The van der Waals surface area contributed by atoms with E-state index >= 15 is 0 Å². The lowest BCUT2D eigenvalue weighted by Gasteiger charge is -2.22. The average Bonchev–Trinajstić information content (AvgIpc) is 2.83. The van der Waals surface area contributed by atoms with E-state index in [4.69, 9.17) is 15.2 Å². The number of methoxy groups -OCH3 is 2. The van der Waals surface area contributed by atoms with Crippen molar-refractivity contribution in [2.24, 2.45) is 0 Å². The highest BCUT2D eigenvalue weighted by atomic mass is 16.5. The molecule has 0 unspecified atom stereocenters. The molecule has 4 rings (SSSR count). The number of nitrogens with zero attached hydrogens (tertiary/aromatic N) is 3. The number of benzene rings is 3. The summed E-state index contributed by atoms with van der Waals surface area (Å²) in [6.07, 6.45) is 0. The van der Waals surface area contributed by atoms with Gasteiger partial charge in [-0.25, -0.2) is 0 Å². The maximum atomic E-state index is 9.61. The van der Waals surface area contributed by atoms with Crippen LogP contribution in [0, 0.1) is 6.92 Å². The summed E-state index contributed by atoms with van der Waals surface area (Å²) in [5.74, 6) is 2.03. The number of nitrogens with two attached hydrogens (primary N) is 1. The van der Waals surface area contributed by atoms with Gasteiger partial charge in [0.05, 0.1) is 25.6 Å². The maximum Gasteiger partial charge on any atom is 0.490 e. The van der Waals surface area contributed by atoms with Gasteiger partial charge in [-0.05, 0) is 48.4 Å². The van der Waals surface area contributed by atoms with Gasteiger partial charge < -0.3 is 30.2 Å². The zero-order valence-corrected chi connectivity index (χ0v) is 18.9. The number of nitrogen functional groups attached to an aromatic ring is 1. The fourth-order valence-electron chi connectivity index (χ4n) is 3.85. The Kier molecular flexibility index (Phi) is 6.08. The standard InChI is InChI=1S/C24H25BN4O4/c1-14-19-11-15(16-6-9-21(26)20(12-16)25(30)31)5-8-18(19)24(28-27-14)29(2)22-10-7-17(32-3)13-23(22)33-4/h5-13,30-31H,26H2,1-4H3. The second-order valence-corrected chi connectivity index (χ2v) is 7.68. The van der Waals surface area contributed by atoms with Gasteiger partial charge in [0.25, 0.3) is 0 Å². The van der Waals surface area contributed by atoms with Crippen LogP contribution in [0.5, 0.6) is 11.5 Å². The molecule has 0 aliphatic carbocycles. The van der Waals surface area contributed by atoms with E-state index in [9.17, 15) is 10.0 Å². The fourth-order valence-corrected chi connectivity index (χ4v) is 3.85. The van der Waals surface area contributed by atoms with Crippen LogP contribution in [0.25, 0.3) is 21.9 Å². The van der Waals surface area contributed by atoms with Crippen LogP contribution in [0.4, 0.5) is 17.2 Å². The molecule has 0 saturated heterocycles. The van der Waals surface area contributed by atoms with Crippen LogP contribution in [-0.4, -0.2) is 48.6 Å². The molecule has 0 aliphatic rings. The highest BCUT2D eigenvalue weighted by Gasteiger charge is 2.19. The summed E-state index contributed by atoms with van der Waals surface area (Å²) in [5.41, 5.74) is 9.79. The molecule has 1 aromatic heterocycles. The topological polar surface area (TPSA) is 114 Å². The average molecular weight is 444 g/mol. The van der Waals surface area contributed by atoms with E-state index in [1.165, 1.54) is 0 Å².